The summed E-state index contributed by atoms with van der Waals surface area (Å²) in [6.45, 7) is 2.60. The molecule has 0 amide bonds. The van der Waals surface area contributed by atoms with Gasteiger partial charge in [0.15, 0.2) is 11.9 Å². The molecule has 1 aliphatic rings. The molecule has 96 valence electrons. The van der Waals surface area contributed by atoms with Gasteiger partial charge in [0.25, 0.3) is 0 Å². The quantitative estimate of drug-likeness (QED) is 0.642. The summed E-state index contributed by atoms with van der Waals surface area (Å²) in [6, 6.07) is 8.45. The first-order chi connectivity index (χ1) is 8.43. The van der Waals surface area contributed by atoms with Crippen molar-refractivity contribution in [3.8, 4) is 0 Å². The fourth-order valence-corrected chi connectivity index (χ4v) is 2.09. The van der Waals surface area contributed by atoms with Crippen molar-refractivity contribution in [3.05, 3.63) is 35.9 Å². The minimum atomic E-state index is -1.78. The molecule has 1 saturated heterocycles. The Morgan fingerprint density at radius 1 is 1.28 bits per heavy atom. The lowest BCUT2D eigenvalue weighted by molar-refractivity contribution is -0.369. The number of hydrogen-bond donors (Lipinski definition) is 1. The van der Waals surface area contributed by atoms with Gasteiger partial charge in [0, 0.05) is 5.56 Å². The number of benzene rings is 1. The van der Waals surface area contributed by atoms with E-state index >= 15 is 0 Å². The lowest BCUT2D eigenvalue weighted by atomic mass is 9.87. The van der Waals surface area contributed by atoms with Crippen LogP contribution >= 0.6 is 0 Å². The highest BCUT2D eigenvalue weighted by Gasteiger charge is 2.53. The molecule has 5 heteroatoms. The zero-order valence-electron chi connectivity index (χ0n) is 10.1. The zero-order valence-corrected chi connectivity index (χ0v) is 10.1. The van der Waals surface area contributed by atoms with E-state index in [9.17, 15) is 14.7 Å². The van der Waals surface area contributed by atoms with Crippen LogP contribution in [0.1, 0.15) is 24.2 Å². The highest BCUT2D eigenvalue weighted by atomic mass is 17.2. The maximum Gasteiger partial charge on any atom is 0.209 e. The summed E-state index contributed by atoms with van der Waals surface area (Å²) in [4.78, 5) is 33.2. The molecule has 0 bridgehead atoms. The normalized spacial score (nSPS) is 31.3. The van der Waals surface area contributed by atoms with Crippen molar-refractivity contribution in [1.29, 1.82) is 0 Å². The molecule has 0 saturated carbocycles. The van der Waals surface area contributed by atoms with E-state index in [0.717, 1.165) is 0 Å². The molecule has 3 unspecified atom stereocenters. The van der Waals surface area contributed by atoms with Crippen molar-refractivity contribution >= 4 is 11.6 Å². The van der Waals surface area contributed by atoms with Gasteiger partial charge in [-0.1, -0.05) is 30.3 Å². The third kappa shape index (κ3) is 2.20. The van der Waals surface area contributed by atoms with Gasteiger partial charge in [-0.2, -0.15) is 4.89 Å². The van der Waals surface area contributed by atoms with Crippen LogP contribution in [0.15, 0.2) is 30.3 Å². The summed E-state index contributed by atoms with van der Waals surface area (Å²) < 4.78 is 0. The second-order valence-corrected chi connectivity index (χ2v) is 4.47. The first kappa shape index (κ1) is 12.9. The number of carbonyl (C=O) groups excluding carboxylic acids is 2. The highest BCUT2D eigenvalue weighted by molar-refractivity contribution is 6.02. The van der Waals surface area contributed by atoms with E-state index in [1.807, 2.05) is 0 Å². The molecule has 0 spiro atoms. The Bertz CT molecular complexity index is 466. The van der Waals surface area contributed by atoms with Crippen LogP contribution in [0.2, 0.25) is 0 Å². The standard InChI is InChI=1S/C13H14O5/c1-8(14)10-12(17-18-13(10,2)16)11(15)9-6-4-3-5-7-9/h3-7,10,12,16H,1-2H3. The van der Waals surface area contributed by atoms with Gasteiger partial charge in [-0.05, 0) is 13.8 Å². The molecule has 1 N–H and O–H groups in total. The topological polar surface area (TPSA) is 72.8 Å². The van der Waals surface area contributed by atoms with Crippen molar-refractivity contribution < 1.29 is 24.5 Å². The van der Waals surface area contributed by atoms with Crippen LogP contribution in [-0.4, -0.2) is 28.6 Å². The van der Waals surface area contributed by atoms with Crippen molar-refractivity contribution in [3.63, 3.8) is 0 Å². The number of ketones is 2. The van der Waals surface area contributed by atoms with E-state index < -0.39 is 17.8 Å². The fourth-order valence-electron chi connectivity index (χ4n) is 2.09. The highest BCUT2D eigenvalue weighted by Crippen LogP contribution is 2.34. The molecule has 5 nitrogen and oxygen atoms in total. The first-order valence-corrected chi connectivity index (χ1v) is 5.60. The van der Waals surface area contributed by atoms with Crippen LogP contribution < -0.4 is 0 Å². The molecule has 2 rings (SSSR count). The van der Waals surface area contributed by atoms with Crippen molar-refractivity contribution in [2.75, 3.05) is 0 Å². The van der Waals surface area contributed by atoms with Crippen molar-refractivity contribution in [2.45, 2.75) is 25.7 Å². The predicted octanol–water partition coefficient (Wildman–Crippen LogP) is 1.11. The number of aliphatic hydroxyl groups is 1. The maximum absolute atomic E-state index is 12.2. The Labute approximate surface area is 104 Å². The third-order valence-corrected chi connectivity index (χ3v) is 2.95. The average Bonchev–Trinajstić information content (AvgIpc) is 2.65. The van der Waals surface area contributed by atoms with Crippen LogP contribution in [0.3, 0.4) is 0 Å². The Morgan fingerprint density at radius 3 is 2.44 bits per heavy atom. The molecule has 0 radical (unpaired) electrons. The molecule has 3 atom stereocenters. The van der Waals surface area contributed by atoms with Gasteiger partial charge in [-0.3, -0.25) is 9.59 Å². The van der Waals surface area contributed by atoms with Gasteiger partial charge in [0.1, 0.15) is 11.7 Å². The summed E-state index contributed by atoms with van der Waals surface area (Å²) >= 11 is 0. The second kappa shape index (κ2) is 4.61. The first-order valence-electron chi connectivity index (χ1n) is 5.60. The van der Waals surface area contributed by atoms with E-state index in [1.165, 1.54) is 13.8 Å². The van der Waals surface area contributed by atoms with E-state index in [4.69, 9.17) is 4.89 Å². The predicted molar refractivity (Wildman–Crippen MR) is 61.5 cm³/mol. The average molecular weight is 250 g/mol. The summed E-state index contributed by atoms with van der Waals surface area (Å²) in [5.41, 5.74) is 0.412. The van der Waals surface area contributed by atoms with Gasteiger partial charge in [-0.15, -0.1) is 0 Å². The van der Waals surface area contributed by atoms with Crippen LogP contribution in [-0.2, 0) is 14.6 Å². The molecule has 1 heterocycles. The van der Waals surface area contributed by atoms with Gasteiger partial charge >= 0.3 is 0 Å². The van der Waals surface area contributed by atoms with Gasteiger partial charge < -0.3 is 5.11 Å². The second-order valence-electron chi connectivity index (χ2n) is 4.47. The van der Waals surface area contributed by atoms with E-state index in [2.05, 4.69) is 4.89 Å². The van der Waals surface area contributed by atoms with Crippen LogP contribution in [0.5, 0.6) is 0 Å². The van der Waals surface area contributed by atoms with Crippen molar-refractivity contribution in [1.82, 2.24) is 0 Å². The SMILES string of the molecule is CC(=O)C1C(C(=O)c2ccccc2)OOC1(C)O. The monoisotopic (exact) mass is 250 g/mol. The van der Waals surface area contributed by atoms with Gasteiger partial charge in [0.2, 0.25) is 5.79 Å². The maximum atomic E-state index is 12.2. The van der Waals surface area contributed by atoms with E-state index in [1.54, 1.807) is 30.3 Å². The van der Waals surface area contributed by atoms with Gasteiger partial charge in [0.05, 0.1) is 0 Å². The molecule has 18 heavy (non-hydrogen) atoms. The lowest BCUT2D eigenvalue weighted by Gasteiger charge is -2.20. The summed E-state index contributed by atoms with van der Waals surface area (Å²) in [7, 11) is 0. The summed E-state index contributed by atoms with van der Waals surface area (Å²) in [6.07, 6.45) is -1.11. The molecular weight excluding hydrogens is 236 g/mol. The number of hydrogen-bond acceptors (Lipinski definition) is 5. The Hall–Kier alpha value is -1.56. The summed E-state index contributed by atoms with van der Waals surface area (Å²) in [5, 5.41) is 9.87. The minimum Gasteiger partial charge on any atom is -0.363 e. The molecule has 1 fully saturated rings. The van der Waals surface area contributed by atoms with Gasteiger partial charge in [-0.25, -0.2) is 4.89 Å². The molecule has 0 aromatic heterocycles. The molecule has 1 aromatic carbocycles. The van der Waals surface area contributed by atoms with E-state index in [-0.39, 0.29) is 11.6 Å². The molecule has 1 aliphatic heterocycles. The molecular formula is C13H14O5. The zero-order chi connectivity index (χ0) is 13.3. The fraction of sp³-hybridized carbons (Fsp3) is 0.385. The van der Waals surface area contributed by atoms with Crippen molar-refractivity contribution in [2.24, 2.45) is 5.92 Å². The van der Waals surface area contributed by atoms with Crippen LogP contribution in [0, 0.1) is 5.92 Å². The number of Topliss-reactive ketones (excluding diaryl/α,β-unsaturated/α-hetero) is 2. The minimum absolute atomic E-state index is 0.355. The van der Waals surface area contributed by atoms with Crippen LogP contribution in [0.25, 0.3) is 0 Å². The largest absolute Gasteiger partial charge is 0.363 e. The van der Waals surface area contributed by atoms with Crippen LogP contribution in [0.4, 0.5) is 0 Å². The molecule has 0 aliphatic carbocycles. The van der Waals surface area contributed by atoms with E-state index in [0.29, 0.717) is 5.56 Å². The summed E-state index contributed by atoms with van der Waals surface area (Å²) in [5.74, 6) is -3.54. The number of carbonyl (C=O) groups is 2. The Morgan fingerprint density at radius 2 is 1.89 bits per heavy atom. The third-order valence-electron chi connectivity index (χ3n) is 2.95. The molecule has 1 aromatic rings. The number of rotatable bonds is 3. The smallest absolute Gasteiger partial charge is 0.209 e. The Balaban J connectivity index is 2.29. The Kier molecular flexibility index (Phi) is 3.30. The lowest BCUT2D eigenvalue weighted by Crippen LogP contribution is -2.42.